The molecule has 1 N–H and O–H groups in total. The molecule has 0 saturated carbocycles. The van der Waals surface area contributed by atoms with E-state index in [1.165, 1.54) is 11.3 Å². The molecule has 88 valence electrons. The van der Waals surface area contributed by atoms with Crippen LogP contribution in [0.25, 0.3) is 0 Å². The molecule has 2 rings (SSSR count). The smallest absolute Gasteiger partial charge is 0.265 e. The fraction of sp³-hybridized carbons (Fsp3) is 0.545. The zero-order valence-corrected chi connectivity index (χ0v) is 11.0. The molecule has 1 aromatic heterocycles. The van der Waals surface area contributed by atoms with Crippen molar-refractivity contribution < 1.29 is 4.79 Å². The molecule has 1 amide bonds. The van der Waals surface area contributed by atoms with Gasteiger partial charge in [-0.25, -0.2) is 0 Å². The Hall–Kier alpha value is -0.580. The minimum Gasteiger partial charge on any atom is -0.330 e. The third-order valence-electron chi connectivity index (χ3n) is 2.86. The van der Waals surface area contributed by atoms with Gasteiger partial charge in [0.05, 0.1) is 10.6 Å². The van der Waals surface area contributed by atoms with E-state index in [1.54, 1.807) is 6.07 Å². The molecule has 1 aromatic rings. The van der Waals surface area contributed by atoms with Crippen LogP contribution in [0.1, 0.15) is 23.5 Å². The molecule has 2 heterocycles. The van der Waals surface area contributed by atoms with Crippen LogP contribution in [0.4, 0.5) is 0 Å². The summed E-state index contributed by atoms with van der Waals surface area (Å²) in [5.41, 5.74) is -0.150. The fourth-order valence-electron chi connectivity index (χ4n) is 1.93. The van der Waals surface area contributed by atoms with Crippen LogP contribution in [0.2, 0.25) is 5.02 Å². The molecular weight excluding hydrogens is 244 g/mol. The Morgan fingerprint density at radius 1 is 1.62 bits per heavy atom. The number of hydrogen-bond donors (Lipinski definition) is 1. The first-order valence-electron chi connectivity index (χ1n) is 5.28. The topological polar surface area (TPSA) is 32.3 Å². The van der Waals surface area contributed by atoms with E-state index in [0.29, 0.717) is 9.90 Å². The van der Waals surface area contributed by atoms with E-state index in [1.807, 2.05) is 10.3 Å². The molecule has 0 atom stereocenters. The van der Waals surface area contributed by atoms with E-state index < -0.39 is 0 Å². The van der Waals surface area contributed by atoms with Crippen molar-refractivity contribution in [3.05, 3.63) is 21.3 Å². The monoisotopic (exact) mass is 258 g/mol. The SMILES string of the molecule is CC1(C)CNCCN1C(=O)c1sccc1Cl. The van der Waals surface area contributed by atoms with E-state index in [9.17, 15) is 4.79 Å². The molecule has 3 nitrogen and oxygen atoms in total. The summed E-state index contributed by atoms with van der Waals surface area (Å²) in [6.07, 6.45) is 0. The lowest BCUT2D eigenvalue weighted by molar-refractivity contribution is 0.0482. The molecule has 0 aliphatic carbocycles. The summed E-state index contributed by atoms with van der Waals surface area (Å²) in [5, 5.41) is 5.71. The Kier molecular flexibility index (Phi) is 3.24. The summed E-state index contributed by atoms with van der Waals surface area (Å²) in [5.74, 6) is 0.0477. The van der Waals surface area contributed by atoms with E-state index in [0.717, 1.165) is 19.6 Å². The second-order valence-electron chi connectivity index (χ2n) is 4.54. The highest BCUT2D eigenvalue weighted by Crippen LogP contribution is 2.27. The first-order chi connectivity index (χ1) is 7.52. The van der Waals surface area contributed by atoms with Crippen LogP contribution in [0.3, 0.4) is 0 Å². The lowest BCUT2D eigenvalue weighted by Crippen LogP contribution is -2.59. The minimum absolute atomic E-state index is 0.0477. The molecule has 0 bridgehead atoms. The highest BCUT2D eigenvalue weighted by Gasteiger charge is 2.34. The molecule has 5 heteroatoms. The Labute approximate surface area is 104 Å². The van der Waals surface area contributed by atoms with Gasteiger partial charge in [-0.1, -0.05) is 11.6 Å². The van der Waals surface area contributed by atoms with Crippen LogP contribution in [-0.2, 0) is 0 Å². The van der Waals surface area contributed by atoms with Crippen molar-refractivity contribution in [1.29, 1.82) is 0 Å². The largest absolute Gasteiger partial charge is 0.330 e. The number of amides is 1. The molecule has 1 fully saturated rings. The molecule has 0 radical (unpaired) electrons. The lowest BCUT2D eigenvalue weighted by atomic mass is 10.00. The second-order valence-corrected chi connectivity index (χ2v) is 5.87. The van der Waals surface area contributed by atoms with Crippen LogP contribution in [0.15, 0.2) is 11.4 Å². The van der Waals surface area contributed by atoms with E-state index in [2.05, 4.69) is 19.2 Å². The van der Waals surface area contributed by atoms with Crippen LogP contribution in [-0.4, -0.2) is 36.0 Å². The Bertz CT molecular complexity index is 402. The first-order valence-corrected chi connectivity index (χ1v) is 6.54. The minimum atomic E-state index is -0.150. The number of nitrogens with one attached hydrogen (secondary N) is 1. The Balaban J connectivity index is 2.24. The molecule has 1 aliphatic heterocycles. The standard InChI is InChI=1S/C11H15ClN2OS/c1-11(2)7-13-4-5-14(11)10(15)9-8(12)3-6-16-9/h3,6,13H,4-5,7H2,1-2H3. The summed E-state index contributed by atoms with van der Waals surface area (Å²) in [4.78, 5) is 14.9. The van der Waals surface area contributed by atoms with Gasteiger partial charge in [0, 0.05) is 19.6 Å². The van der Waals surface area contributed by atoms with Crippen molar-refractivity contribution in [3.63, 3.8) is 0 Å². The van der Waals surface area contributed by atoms with Crippen molar-refractivity contribution in [2.45, 2.75) is 19.4 Å². The summed E-state index contributed by atoms with van der Waals surface area (Å²) >= 11 is 7.40. The van der Waals surface area contributed by atoms with Gasteiger partial charge in [0.1, 0.15) is 4.88 Å². The molecule has 0 unspecified atom stereocenters. The van der Waals surface area contributed by atoms with Gasteiger partial charge in [-0.15, -0.1) is 11.3 Å². The molecule has 1 aliphatic rings. The second kappa shape index (κ2) is 4.35. The van der Waals surface area contributed by atoms with Gasteiger partial charge in [0.2, 0.25) is 0 Å². The number of hydrogen-bond acceptors (Lipinski definition) is 3. The number of carbonyl (C=O) groups is 1. The zero-order chi connectivity index (χ0) is 11.8. The average Bonchev–Trinajstić information content (AvgIpc) is 2.63. The molecule has 16 heavy (non-hydrogen) atoms. The summed E-state index contributed by atoms with van der Waals surface area (Å²) in [6.45, 7) is 6.54. The van der Waals surface area contributed by atoms with E-state index in [4.69, 9.17) is 11.6 Å². The van der Waals surface area contributed by atoms with Gasteiger partial charge in [-0.3, -0.25) is 4.79 Å². The summed E-state index contributed by atoms with van der Waals surface area (Å²) in [6, 6.07) is 1.77. The Morgan fingerprint density at radius 3 is 2.94 bits per heavy atom. The number of thiophene rings is 1. The number of nitrogens with zero attached hydrogens (tertiary/aromatic N) is 1. The van der Waals surface area contributed by atoms with Crippen LogP contribution in [0, 0.1) is 0 Å². The van der Waals surface area contributed by atoms with E-state index >= 15 is 0 Å². The van der Waals surface area contributed by atoms with Gasteiger partial charge >= 0.3 is 0 Å². The van der Waals surface area contributed by atoms with Crippen molar-refractivity contribution in [3.8, 4) is 0 Å². The number of halogens is 1. The molecule has 0 aromatic carbocycles. The van der Waals surface area contributed by atoms with Gasteiger partial charge < -0.3 is 10.2 Å². The number of rotatable bonds is 1. The maximum atomic E-state index is 12.3. The van der Waals surface area contributed by atoms with Crippen molar-refractivity contribution in [2.24, 2.45) is 0 Å². The van der Waals surface area contributed by atoms with Crippen LogP contribution < -0.4 is 5.32 Å². The van der Waals surface area contributed by atoms with Crippen LogP contribution in [0.5, 0.6) is 0 Å². The predicted octanol–water partition coefficient (Wildman–Crippen LogP) is 2.23. The summed E-state index contributed by atoms with van der Waals surface area (Å²) < 4.78 is 0. The van der Waals surface area contributed by atoms with Gasteiger partial charge in [0.25, 0.3) is 5.91 Å². The summed E-state index contributed by atoms with van der Waals surface area (Å²) in [7, 11) is 0. The van der Waals surface area contributed by atoms with Crippen molar-refractivity contribution >= 4 is 28.8 Å². The molecule has 1 saturated heterocycles. The fourth-order valence-corrected chi connectivity index (χ4v) is 3.01. The maximum Gasteiger partial charge on any atom is 0.265 e. The predicted molar refractivity (Wildman–Crippen MR) is 67.3 cm³/mol. The molecular formula is C11H15ClN2OS. The normalized spacial score (nSPS) is 19.8. The third-order valence-corrected chi connectivity index (χ3v) is 4.19. The van der Waals surface area contributed by atoms with Crippen molar-refractivity contribution in [2.75, 3.05) is 19.6 Å². The van der Waals surface area contributed by atoms with Gasteiger partial charge in [0.15, 0.2) is 0 Å². The third kappa shape index (κ3) is 2.10. The van der Waals surface area contributed by atoms with Gasteiger partial charge in [-0.05, 0) is 25.3 Å². The van der Waals surface area contributed by atoms with Gasteiger partial charge in [-0.2, -0.15) is 0 Å². The van der Waals surface area contributed by atoms with E-state index in [-0.39, 0.29) is 11.4 Å². The average molecular weight is 259 g/mol. The zero-order valence-electron chi connectivity index (χ0n) is 9.42. The van der Waals surface area contributed by atoms with Crippen molar-refractivity contribution in [1.82, 2.24) is 10.2 Å². The number of piperazine rings is 1. The highest BCUT2D eigenvalue weighted by molar-refractivity contribution is 7.12. The quantitative estimate of drug-likeness (QED) is 0.838. The molecule has 0 spiro atoms. The first kappa shape index (κ1) is 11.9. The maximum absolute atomic E-state index is 12.3. The number of carbonyl (C=O) groups excluding carboxylic acids is 1. The lowest BCUT2D eigenvalue weighted by Gasteiger charge is -2.42. The van der Waals surface area contributed by atoms with Crippen LogP contribution >= 0.6 is 22.9 Å². The highest BCUT2D eigenvalue weighted by atomic mass is 35.5. The Morgan fingerprint density at radius 2 is 2.38 bits per heavy atom.